The third-order valence-corrected chi connectivity index (χ3v) is 2.59. The van der Waals surface area contributed by atoms with Crippen LogP contribution in [-0.4, -0.2) is 11.5 Å². The Hall–Kier alpha value is -1.23. The molecule has 0 heterocycles. The van der Waals surface area contributed by atoms with Crippen LogP contribution >= 0.6 is 12.2 Å². The van der Waals surface area contributed by atoms with Crippen molar-refractivity contribution < 1.29 is 8.78 Å². The summed E-state index contributed by atoms with van der Waals surface area (Å²) in [4.78, 5) is -0.0171. The second kappa shape index (κ2) is 5.91. The topological polar surface area (TPSA) is 38.0 Å². The summed E-state index contributed by atoms with van der Waals surface area (Å²) in [6.07, 6.45) is 0.843. The van der Waals surface area contributed by atoms with E-state index in [9.17, 15) is 8.78 Å². The van der Waals surface area contributed by atoms with Gasteiger partial charge in [-0.25, -0.2) is 8.78 Å². The molecule has 0 radical (unpaired) electrons. The van der Waals surface area contributed by atoms with E-state index < -0.39 is 11.6 Å². The molecule has 0 saturated carbocycles. The molecule has 0 aliphatic rings. The lowest BCUT2D eigenvalue weighted by atomic mass is 10.1. The Bertz CT molecular complexity index is 396. The molecule has 17 heavy (non-hydrogen) atoms. The average Bonchev–Trinajstić information content (AvgIpc) is 2.21. The Morgan fingerprint density at radius 1 is 1.35 bits per heavy atom. The smallest absolute Gasteiger partial charge is 0.150 e. The minimum absolute atomic E-state index is 0.0171. The Kier molecular flexibility index (Phi) is 4.81. The van der Waals surface area contributed by atoms with Crippen molar-refractivity contribution in [2.45, 2.75) is 20.3 Å². The first-order valence-electron chi connectivity index (χ1n) is 5.44. The number of nitrogens with two attached hydrogens (primary N) is 1. The van der Waals surface area contributed by atoms with E-state index in [0.29, 0.717) is 12.5 Å². The van der Waals surface area contributed by atoms with Gasteiger partial charge in [-0.05, 0) is 24.5 Å². The van der Waals surface area contributed by atoms with E-state index >= 15 is 0 Å². The van der Waals surface area contributed by atoms with Gasteiger partial charge in [-0.2, -0.15) is 0 Å². The highest BCUT2D eigenvalue weighted by atomic mass is 32.1. The quantitative estimate of drug-likeness (QED) is 0.797. The van der Waals surface area contributed by atoms with Crippen LogP contribution in [-0.2, 0) is 0 Å². The molecule has 0 spiro atoms. The number of hydrogen-bond acceptors (Lipinski definition) is 2. The minimum Gasteiger partial charge on any atom is -0.389 e. The van der Waals surface area contributed by atoms with E-state index in [4.69, 9.17) is 5.73 Å². The summed E-state index contributed by atoms with van der Waals surface area (Å²) in [7, 11) is 0. The maximum atomic E-state index is 13.6. The van der Waals surface area contributed by atoms with Gasteiger partial charge in [-0.3, -0.25) is 0 Å². The molecule has 2 nitrogen and oxygen atoms in total. The number of thiocarbonyl (C=S) groups is 1. The first-order valence-corrected chi connectivity index (χ1v) is 5.85. The Labute approximate surface area is 105 Å². The van der Waals surface area contributed by atoms with Gasteiger partial charge in [0.05, 0.1) is 0 Å². The normalized spacial score (nSPS) is 10.6. The van der Waals surface area contributed by atoms with Crippen molar-refractivity contribution in [2.75, 3.05) is 11.9 Å². The molecule has 94 valence electrons. The molecule has 3 N–H and O–H groups in total. The third kappa shape index (κ3) is 3.93. The number of benzene rings is 1. The van der Waals surface area contributed by atoms with Gasteiger partial charge < -0.3 is 11.1 Å². The van der Waals surface area contributed by atoms with Crippen LogP contribution in [0.25, 0.3) is 0 Å². The van der Waals surface area contributed by atoms with Gasteiger partial charge in [0, 0.05) is 12.1 Å². The van der Waals surface area contributed by atoms with Gasteiger partial charge in [0.2, 0.25) is 0 Å². The van der Waals surface area contributed by atoms with E-state index in [2.05, 4.69) is 17.5 Å². The highest BCUT2D eigenvalue weighted by Crippen LogP contribution is 2.21. The van der Waals surface area contributed by atoms with Crippen LogP contribution in [0.4, 0.5) is 14.5 Å². The molecule has 0 aromatic heterocycles. The molecule has 0 saturated heterocycles. The summed E-state index contributed by atoms with van der Waals surface area (Å²) in [5.41, 5.74) is 5.40. The maximum Gasteiger partial charge on any atom is 0.150 e. The van der Waals surface area contributed by atoms with Crippen LogP contribution in [0.1, 0.15) is 25.8 Å². The van der Waals surface area contributed by atoms with E-state index in [1.807, 2.05) is 13.8 Å². The molecule has 0 amide bonds. The van der Waals surface area contributed by atoms with Crippen LogP contribution in [0.15, 0.2) is 12.1 Å². The molecule has 1 rings (SSSR count). The van der Waals surface area contributed by atoms with Crippen molar-refractivity contribution in [3.8, 4) is 0 Å². The van der Waals surface area contributed by atoms with Crippen LogP contribution in [0, 0.1) is 17.6 Å². The van der Waals surface area contributed by atoms with Gasteiger partial charge in [-0.1, -0.05) is 26.1 Å². The highest BCUT2D eigenvalue weighted by molar-refractivity contribution is 7.80. The largest absolute Gasteiger partial charge is 0.389 e. The molecule has 1 aromatic carbocycles. The molecule has 5 heteroatoms. The zero-order valence-electron chi connectivity index (χ0n) is 9.89. The van der Waals surface area contributed by atoms with Gasteiger partial charge >= 0.3 is 0 Å². The number of halogens is 2. The summed E-state index contributed by atoms with van der Waals surface area (Å²) in [6, 6.07) is 2.28. The van der Waals surface area contributed by atoms with E-state index in [1.165, 1.54) is 0 Å². The third-order valence-electron chi connectivity index (χ3n) is 2.35. The number of rotatable bonds is 5. The molecule has 0 bridgehead atoms. The van der Waals surface area contributed by atoms with Crippen molar-refractivity contribution in [3.63, 3.8) is 0 Å². The first kappa shape index (κ1) is 13.8. The molecule has 0 atom stereocenters. The van der Waals surface area contributed by atoms with Crippen molar-refractivity contribution in [1.82, 2.24) is 0 Å². The molecular formula is C12H16F2N2S. The summed E-state index contributed by atoms with van der Waals surface area (Å²) in [6.45, 7) is 4.62. The SMILES string of the molecule is CC(C)CCNc1c(F)cc(C(N)=S)cc1F. The van der Waals surface area contributed by atoms with E-state index in [0.717, 1.165) is 18.6 Å². The minimum atomic E-state index is -0.670. The predicted octanol–water partition coefficient (Wildman–Crippen LogP) is 3.06. The van der Waals surface area contributed by atoms with E-state index in [-0.39, 0.29) is 16.2 Å². The van der Waals surface area contributed by atoms with Gasteiger partial charge in [-0.15, -0.1) is 0 Å². The predicted molar refractivity (Wildman–Crippen MR) is 70.2 cm³/mol. The molecule has 0 unspecified atom stereocenters. The molecule has 0 aliphatic carbocycles. The summed E-state index contributed by atoms with van der Waals surface area (Å²) in [5.74, 6) is -0.863. The van der Waals surface area contributed by atoms with Crippen molar-refractivity contribution >= 4 is 22.9 Å². The second-order valence-electron chi connectivity index (χ2n) is 4.29. The molecule has 1 aromatic rings. The molecular weight excluding hydrogens is 242 g/mol. The van der Waals surface area contributed by atoms with Crippen molar-refractivity contribution in [1.29, 1.82) is 0 Å². The van der Waals surface area contributed by atoms with Gasteiger partial charge in [0.25, 0.3) is 0 Å². The summed E-state index contributed by atoms with van der Waals surface area (Å²) < 4.78 is 27.2. The van der Waals surface area contributed by atoms with Crippen molar-refractivity contribution in [3.05, 3.63) is 29.3 Å². The fourth-order valence-corrected chi connectivity index (χ4v) is 1.49. The Morgan fingerprint density at radius 2 is 1.88 bits per heavy atom. The molecule has 0 aliphatic heterocycles. The molecule has 0 fully saturated rings. The lowest BCUT2D eigenvalue weighted by molar-refractivity contribution is 0.576. The average molecular weight is 258 g/mol. The summed E-state index contributed by atoms with van der Waals surface area (Å²) >= 11 is 4.67. The van der Waals surface area contributed by atoms with E-state index in [1.54, 1.807) is 0 Å². The fraction of sp³-hybridized carbons (Fsp3) is 0.417. The second-order valence-corrected chi connectivity index (χ2v) is 4.73. The summed E-state index contributed by atoms with van der Waals surface area (Å²) in [5, 5.41) is 2.74. The fourth-order valence-electron chi connectivity index (χ4n) is 1.37. The zero-order valence-corrected chi connectivity index (χ0v) is 10.7. The first-order chi connectivity index (χ1) is 7.91. The monoisotopic (exact) mass is 258 g/mol. The van der Waals surface area contributed by atoms with Gasteiger partial charge in [0.15, 0.2) is 0 Å². The van der Waals surface area contributed by atoms with Gasteiger partial charge in [0.1, 0.15) is 22.3 Å². The lowest BCUT2D eigenvalue weighted by Gasteiger charge is -2.11. The number of anilines is 1. The Morgan fingerprint density at radius 3 is 2.29 bits per heavy atom. The van der Waals surface area contributed by atoms with Crippen LogP contribution < -0.4 is 11.1 Å². The maximum absolute atomic E-state index is 13.6. The lowest BCUT2D eigenvalue weighted by Crippen LogP contribution is -2.13. The van der Waals surface area contributed by atoms with Crippen molar-refractivity contribution in [2.24, 2.45) is 11.7 Å². The van der Waals surface area contributed by atoms with Crippen LogP contribution in [0.5, 0.6) is 0 Å². The standard InChI is InChI=1S/C12H16F2N2S/c1-7(2)3-4-16-11-9(13)5-8(12(15)17)6-10(11)14/h5-7,16H,3-4H2,1-2H3,(H2,15,17). The Balaban J connectivity index is 2.83. The zero-order chi connectivity index (χ0) is 13.0. The number of nitrogens with one attached hydrogen (secondary N) is 1. The van der Waals surface area contributed by atoms with Crippen LogP contribution in [0.2, 0.25) is 0 Å². The number of hydrogen-bond donors (Lipinski definition) is 2. The highest BCUT2D eigenvalue weighted by Gasteiger charge is 2.11. The van der Waals surface area contributed by atoms with Crippen LogP contribution in [0.3, 0.4) is 0 Å².